The fourth-order valence-corrected chi connectivity index (χ4v) is 4.21. The number of hydrogen-bond acceptors (Lipinski definition) is 9. The number of aromatic nitrogens is 1. The topological polar surface area (TPSA) is 158 Å². The minimum atomic E-state index is -3.88. The first-order chi connectivity index (χ1) is 13.6. The molecule has 0 aliphatic carbocycles. The summed E-state index contributed by atoms with van der Waals surface area (Å²) in [7, 11) is -3.88. The number of hydrogen-bond donors (Lipinski definition) is 0. The van der Waals surface area contributed by atoms with Crippen LogP contribution in [0.1, 0.15) is 46.9 Å². The van der Waals surface area contributed by atoms with Gasteiger partial charge in [-0.05, 0) is 18.6 Å². The van der Waals surface area contributed by atoms with E-state index in [2.05, 4.69) is 4.98 Å². The van der Waals surface area contributed by atoms with E-state index < -0.39 is 38.7 Å². The molecule has 0 amide bonds. The molecule has 2 heterocycles. The number of aryl methyl sites for hydroxylation is 1. The van der Waals surface area contributed by atoms with Gasteiger partial charge in [-0.2, -0.15) is 0 Å². The van der Waals surface area contributed by atoms with Crippen molar-refractivity contribution in [2.24, 2.45) is 0 Å². The van der Waals surface area contributed by atoms with Crippen molar-refractivity contribution < 1.29 is 91.8 Å². The Balaban J connectivity index is 0.00000240. The van der Waals surface area contributed by atoms with E-state index in [0.29, 0.717) is 6.42 Å². The average molecular weight is 463 g/mol. The molecule has 3 aromatic rings. The Hall–Kier alpha value is -1.27. The maximum Gasteiger partial charge on any atom is 1.00 e. The van der Waals surface area contributed by atoms with Crippen molar-refractivity contribution in [3.63, 3.8) is 0 Å². The number of carbonyl (C=O) groups is 2. The molecule has 152 valence electrons. The number of benzene rings is 1. The summed E-state index contributed by atoms with van der Waals surface area (Å²) in [5, 5.41) is 22.6. The van der Waals surface area contributed by atoms with Crippen LogP contribution >= 0.6 is 0 Å². The van der Waals surface area contributed by atoms with Crippen LogP contribution in [0.3, 0.4) is 0 Å². The number of rotatable bonds is 6. The van der Waals surface area contributed by atoms with Gasteiger partial charge in [-0.25, -0.2) is 13.4 Å². The number of carboxylic acid groups (broad SMARTS) is 2. The molecule has 0 bridgehead atoms. The van der Waals surface area contributed by atoms with Gasteiger partial charge in [0, 0.05) is 17.0 Å². The van der Waals surface area contributed by atoms with Crippen molar-refractivity contribution in [2.45, 2.75) is 31.6 Å². The number of aromatic carboxylic acids is 2. The second-order valence-corrected chi connectivity index (χ2v) is 8.58. The number of fused-ring (bicyclic) bond motifs is 2. The van der Waals surface area contributed by atoms with E-state index in [4.69, 9.17) is 4.42 Å². The molecule has 1 aromatic carbocycles. The van der Waals surface area contributed by atoms with Crippen LogP contribution in [0.4, 0.5) is 0 Å². The van der Waals surface area contributed by atoms with Gasteiger partial charge >= 0.3 is 59.1 Å². The summed E-state index contributed by atoms with van der Waals surface area (Å²) >= 11 is 0. The van der Waals surface area contributed by atoms with E-state index in [0.717, 1.165) is 12.1 Å². The number of sulfone groups is 1. The fraction of sp³-hybridized carbons (Fsp3) is 0.263. The summed E-state index contributed by atoms with van der Waals surface area (Å²) in [6.45, 7) is 3.19. The predicted molar refractivity (Wildman–Crippen MR) is 98.2 cm³/mol. The molecule has 0 saturated carbocycles. The number of carbonyl (C=O) groups excluding carboxylic acids is 2. The van der Waals surface area contributed by atoms with Crippen LogP contribution in [0.2, 0.25) is 0 Å². The smallest absolute Gasteiger partial charge is 0.543 e. The van der Waals surface area contributed by atoms with E-state index in [1.165, 1.54) is 13.0 Å². The Morgan fingerprint density at radius 2 is 1.68 bits per heavy atom. The van der Waals surface area contributed by atoms with E-state index in [9.17, 15) is 33.0 Å². The van der Waals surface area contributed by atoms with Crippen molar-refractivity contribution in [2.75, 3.05) is 5.75 Å². The van der Waals surface area contributed by atoms with Gasteiger partial charge in [0.1, 0.15) is 11.6 Å². The normalized spacial score (nSPS) is 11.0. The second-order valence-electron chi connectivity index (χ2n) is 6.34. The summed E-state index contributed by atoms with van der Waals surface area (Å²) < 4.78 is 30.5. The van der Waals surface area contributed by atoms with Crippen molar-refractivity contribution in [1.29, 1.82) is 0 Å². The Kier molecular flexibility index (Phi) is 9.46. The van der Waals surface area contributed by atoms with E-state index >= 15 is 0 Å². The minimum Gasteiger partial charge on any atom is -0.543 e. The van der Waals surface area contributed by atoms with E-state index in [1.54, 1.807) is 6.92 Å². The molecule has 31 heavy (non-hydrogen) atoms. The Labute approximate surface area is 221 Å². The predicted octanol–water partition coefficient (Wildman–Crippen LogP) is -6.18. The molecule has 9 nitrogen and oxygen atoms in total. The molecule has 0 radical (unpaired) electrons. The molecule has 0 spiro atoms. The van der Waals surface area contributed by atoms with Gasteiger partial charge < -0.3 is 24.2 Å². The molecule has 12 heteroatoms. The monoisotopic (exact) mass is 463 g/mol. The van der Waals surface area contributed by atoms with Gasteiger partial charge in [-0.15, -0.1) is 0 Å². The number of nitrogens with zero attached hydrogens (tertiary/aromatic N) is 1. The average Bonchev–Trinajstić information content (AvgIpc) is 2.67. The van der Waals surface area contributed by atoms with Crippen LogP contribution in [-0.4, -0.2) is 31.1 Å². The third-order valence-electron chi connectivity index (χ3n) is 4.48. The maximum atomic E-state index is 12.6. The summed E-state index contributed by atoms with van der Waals surface area (Å²) in [6.07, 6.45) is 0.725. The molecule has 0 unspecified atom stereocenters. The zero-order valence-electron chi connectivity index (χ0n) is 17.5. The first-order valence-electron chi connectivity index (χ1n) is 8.70. The first kappa shape index (κ1) is 27.8. The molecule has 0 N–H and O–H groups in total. The first-order valence-corrected chi connectivity index (χ1v) is 10.4. The maximum absolute atomic E-state index is 12.6. The zero-order chi connectivity index (χ0) is 21.5. The van der Waals surface area contributed by atoms with Gasteiger partial charge in [0.15, 0.2) is 21.0 Å². The molecule has 3 rings (SSSR count). The van der Waals surface area contributed by atoms with Crippen LogP contribution < -0.4 is 74.8 Å². The van der Waals surface area contributed by atoms with Crippen LogP contribution in [0.15, 0.2) is 32.3 Å². The molecule has 0 saturated heterocycles. The largest absolute Gasteiger partial charge is 1.00 e. The number of carboxylic acids is 2. The molecular weight excluding hydrogens is 448 g/mol. The Bertz CT molecular complexity index is 1350. The summed E-state index contributed by atoms with van der Waals surface area (Å²) in [6, 6.07) is 2.87. The molecule has 0 atom stereocenters. The van der Waals surface area contributed by atoms with E-state index in [1.807, 2.05) is 0 Å². The van der Waals surface area contributed by atoms with Gasteiger partial charge in [0.05, 0.1) is 33.2 Å². The summed E-state index contributed by atoms with van der Waals surface area (Å²) in [4.78, 5) is 38.8. The third kappa shape index (κ3) is 5.22. The SMILES string of the molecule is CCCc1c2nc(C(=O)[O-])cc(S(=O)(=O)CC)c2cc2c(=O)cc(C(=O)[O-])oc12.[Na+].[Na+]. The Morgan fingerprint density at radius 1 is 1.03 bits per heavy atom. The third-order valence-corrected chi connectivity index (χ3v) is 6.25. The molecule has 0 aliphatic heterocycles. The van der Waals surface area contributed by atoms with Gasteiger partial charge in [-0.1, -0.05) is 20.3 Å². The van der Waals surface area contributed by atoms with Gasteiger partial charge in [0.2, 0.25) is 0 Å². The summed E-state index contributed by atoms with van der Waals surface area (Å²) in [5.41, 5.74) is -1.18. The van der Waals surface area contributed by atoms with Crippen molar-refractivity contribution >= 4 is 43.6 Å². The van der Waals surface area contributed by atoms with Crippen LogP contribution in [0, 0.1) is 0 Å². The molecule has 2 aromatic heterocycles. The minimum absolute atomic E-state index is 0. The zero-order valence-corrected chi connectivity index (χ0v) is 22.3. The number of pyridine rings is 1. The van der Waals surface area contributed by atoms with Crippen LogP contribution in [0.25, 0.3) is 21.9 Å². The summed E-state index contributed by atoms with van der Waals surface area (Å²) in [5.74, 6) is -4.38. The second kappa shape index (κ2) is 10.6. The quantitative estimate of drug-likeness (QED) is 0.256. The standard InChI is InChI=1S/C19H17NO8S.2Na/c1-3-5-9-16-11(6-10-13(21)8-14(19(24)25)28-17(9)10)15(29(26,27)4-2)7-12(20-16)18(22)23;;/h6-8H,3-5H2,1-2H3,(H,22,23)(H,24,25);;/q;2*+1/p-2. The van der Waals surface area contributed by atoms with Crippen molar-refractivity contribution in [3.8, 4) is 0 Å². The molecule has 0 aliphatic rings. The van der Waals surface area contributed by atoms with Crippen LogP contribution in [0.5, 0.6) is 0 Å². The Morgan fingerprint density at radius 3 is 2.19 bits per heavy atom. The van der Waals surface area contributed by atoms with Crippen molar-refractivity contribution in [3.05, 3.63) is 45.4 Å². The van der Waals surface area contributed by atoms with Gasteiger partial charge in [-0.3, -0.25) is 4.79 Å². The molecular formula is C19H15NNa2O8S. The molecule has 0 fully saturated rings. The van der Waals surface area contributed by atoms with E-state index in [-0.39, 0.29) is 104 Å². The fourth-order valence-electron chi connectivity index (χ4n) is 3.12. The van der Waals surface area contributed by atoms with Crippen LogP contribution in [-0.2, 0) is 16.3 Å². The van der Waals surface area contributed by atoms with Crippen molar-refractivity contribution in [1.82, 2.24) is 4.98 Å². The van der Waals surface area contributed by atoms with Gasteiger partial charge in [0.25, 0.3) is 0 Å².